The molecule has 8 heteroatoms. The number of nitrogens with one attached hydrogen (secondary N) is 1. The second-order valence-electron chi connectivity index (χ2n) is 4.57. The van der Waals surface area contributed by atoms with Crippen LogP contribution < -0.4 is 17.0 Å². The van der Waals surface area contributed by atoms with Crippen LogP contribution in [-0.4, -0.2) is 38.6 Å². The van der Waals surface area contributed by atoms with Crippen molar-refractivity contribution >= 4 is 0 Å². The third-order valence-electron chi connectivity index (χ3n) is 3.21. The van der Waals surface area contributed by atoms with Crippen LogP contribution in [0.1, 0.15) is 18.2 Å². The monoisotopic (exact) mass is 283 g/mol. The first-order chi connectivity index (χ1) is 9.56. The predicted octanol–water partition coefficient (Wildman–Crippen LogP) is -1.81. The summed E-state index contributed by atoms with van der Waals surface area (Å²) in [5.74, 6) is 0. The van der Waals surface area contributed by atoms with E-state index in [1.165, 1.54) is 17.0 Å². The summed E-state index contributed by atoms with van der Waals surface area (Å²) in [6.45, 7) is -0.335. The molecule has 0 spiro atoms. The molecule has 1 aliphatic rings. The van der Waals surface area contributed by atoms with E-state index in [9.17, 15) is 14.7 Å². The Bertz CT molecular complexity index is 606. The Hall–Kier alpha value is -1.90. The fourth-order valence-corrected chi connectivity index (χ4v) is 2.13. The van der Waals surface area contributed by atoms with E-state index in [4.69, 9.17) is 15.6 Å². The molecule has 0 saturated carbocycles. The molecule has 8 nitrogen and oxygen atoms in total. The number of nitrogens with zero attached hydrogens (tertiary/aromatic N) is 1. The van der Waals surface area contributed by atoms with Gasteiger partial charge in [-0.3, -0.25) is 14.3 Å². The largest absolute Gasteiger partial charge is 0.405 e. The molecule has 1 aromatic heterocycles. The number of allylic oxidation sites excluding steroid dienone is 1. The summed E-state index contributed by atoms with van der Waals surface area (Å²) < 4.78 is 6.60. The van der Waals surface area contributed by atoms with E-state index < -0.39 is 29.7 Å². The zero-order valence-electron chi connectivity index (χ0n) is 10.7. The average Bonchev–Trinajstić information content (AvgIpc) is 2.79. The summed E-state index contributed by atoms with van der Waals surface area (Å²) in [5.41, 5.74) is 4.48. The topological polar surface area (TPSA) is 131 Å². The lowest BCUT2D eigenvalue weighted by Gasteiger charge is -2.15. The summed E-state index contributed by atoms with van der Waals surface area (Å²) in [6.07, 6.45) is 2.44. The molecular formula is C12H17N3O5. The second kappa shape index (κ2) is 6.04. The molecular weight excluding hydrogens is 266 g/mol. The highest BCUT2D eigenvalue weighted by Gasteiger charge is 2.35. The maximum atomic E-state index is 11.8. The third-order valence-corrected chi connectivity index (χ3v) is 3.21. The Labute approximate surface area is 114 Å². The molecule has 20 heavy (non-hydrogen) atoms. The summed E-state index contributed by atoms with van der Waals surface area (Å²) in [5, 5.41) is 18.7. The van der Waals surface area contributed by atoms with Crippen molar-refractivity contribution in [3.05, 3.63) is 44.9 Å². The van der Waals surface area contributed by atoms with Crippen molar-refractivity contribution in [1.82, 2.24) is 9.55 Å². The lowest BCUT2D eigenvalue weighted by atomic mass is 10.2. The summed E-state index contributed by atoms with van der Waals surface area (Å²) in [7, 11) is 0. The number of ether oxygens (including phenoxy) is 1. The van der Waals surface area contributed by atoms with Gasteiger partial charge in [0, 0.05) is 18.2 Å². The maximum Gasteiger partial charge on any atom is 0.330 e. The molecule has 1 saturated heterocycles. The number of nitrogens with two attached hydrogens (primary N) is 1. The van der Waals surface area contributed by atoms with E-state index in [2.05, 4.69) is 4.98 Å². The van der Waals surface area contributed by atoms with Gasteiger partial charge in [-0.2, -0.15) is 0 Å². The van der Waals surface area contributed by atoms with Gasteiger partial charge in [0.1, 0.15) is 12.3 Å². The lowest BCUT2D eigenvalue weighted by molar-refractivity contribution is -0.0459. The Morgan fingerprint density at radius 3 is 2.90 bits per heavy atom. The van der Waals surface area contributed by atoms with Gasteiger partial charge in [0.05, 0.1) is 12.7 Å². The van der Waals surface area contributed by atoms with Crippen LogP contribution in [-0.2, 0) is 11.2 Å². The van der Waals surface area contributed by atoms with Gasteiger partial charge >= 0.3 is 5.69 Å². The quantitative estimate of drug-likeness (QED) is 0.515. The first-order valence-corrected chi connectivity index (χ1v) is 6.22. The van der Waals surface area contributed by atoms with E-state index in [-0.39, 0.29) is 19.4 Å². The number of hydrogen-bond acceptors (Lipinski definition) is 6. The van der Waals surface area contributed by atoms with Crippen LogP contribution >= 0.6 is 0 Å². The summed E-state index contributed by atoms with van der Waals surface area (Å²) >= 11 is 0. The Morgan fingerprint density at radius 2 is 2.30 bits per heavy atom. The summed E-state index contributed by atoms with van der Waals surface area (Å²) in [6, 6.07) is 0. The number of aromatic nitrogens is 2. The van der Waals surface area contributed by atoms with E-state index >= 15 is 0 Å². The summed E-state index contributed by atoms with van der Waals surface area (Å²) in [4.78, 5) is 25.6. The highest BCUT2D eigenvalue weighted by atomic mass is 16.5. The van der Waals surface area contributed by atoms with E-state index in [1.54, 1.807) is 6.08 Å². The maximum absolute atomic E-state index is 11.8. The molecule has 1 aliphatic heterocycles. The minimum atomic E-state index is -0.851. The molecule has 0 aliphatic carbocycles. The molecule has 110 valence electrons. The average molecular weight is 283 g/mol. The normalized spacial score (nSPS) is 26.4. The fraction of sp³-hybridized carbons (Fsp3) is 0.500. The molecule has 2 heterocycles. The number of rotatable bonds is 4. The van der Waals surface area contributed by atoms with Gasteiger partial charge in [-0.15, -0.1) is 0 Å². The molecule has 0 aromatic carbocycles. The standard InChI is InChI=1S/C12H17N3O5/c13-3-1-2-7-5-15(12(19)14-11(7)18)10-4-8(17)9(6-16)20-10/h1,3,5,8-10,16-17H,2,4,6,13H2,(H,14,18,19)/t8-,9+,10+/m0/s1. The number of aliphatic hydroxyl groups is 2. The fourth-order valence-electron chi connectivity index (χ4n) is 2.13. The van der Waals surface area contributed by atoms with Crippen molar-refractivity contribution in [1.29, 1.82) is 0 Å². The van der Waals surface area contributed by atoms with Gasteiger partial charge in [-0.05, 0) is 12.6 Å². The third kappa shape index (κ3) is 2.82. The van der Waals surface area contributed by atoms with Crippen LogP contribution in [0.2, 0.25) is 0 Å². The molecule has 5 N–H and O–H groups in total. The number of hydrogen-bond donors (Lipinski definition) is 4. The smallest absolute Gasteiger partial charge is 0.330 e. The van der Waals surface area contributed by atoms with Gasteiger partial charge in [0.25, 0.3) is 5.56 Å². The molecule has 0 unspecified atom stereocenters. The minimum absolute atomic E-state index is 0.170. The van der Waals surface area contributed by atoms with Crippen LogP contribution in [0, 0.1) is 0 Å². The van der Waals surface area contributed by atoms with Crippen LogP contribution in [0.25, 0.3) is 0 Å². The molecule has 0 amide bonds. The van der Waals surface area contributed by atoms with Crippen molar-refractivity contribution in [2.75, 3.05) is 6.61 Å². The van der Waals surface area contributed by atoms with Gasteiger partial charge in [-0.1, -0.05) is 6.08 Å². The Morgan fingerprint density at radius 1 is 1.55 bits per heavy atom. The van der Waals surface area contributed by atoms with Gasteiger partial charge < -0.3 is 20.7 Å². The molecule has 1 aromatic rings. The van der Waals surface area contributed by atoms with Crippen molar-refractivity contribution in [3.8, 4) is 0 Å². The predicted molar refractivity (Wildman–Crippen MR) is 70.0 cm³/mol. The van der Waals surface area contributed by atoms with Crippen LogP contribution in [0.4, 0.5) is 0 Å². The van der Waals surface area contributed by atoms with E-state index in [0.717, 1.165) is 0 Å². The molecule has 0 bridgehead atoms. The van der Waals surface area contributed by atoms with Crippen LogP contribution in [0.15, 0.2) is 28.1 Å². The SMILES string of the molecule is NC=CCc1cn([C@H]2C[C@H](O)[C@@H](CO)O2)c(=O)[nH]c1=O. The first-order valence-electron chi connectivity index (χ1n) is 6.22. The zero-order valence-corrected chi connectivity index (χ0v) is 10.7. The van der Waals surface area contributed by atoms with Crippen LogP contribution in [0.3, 0.4) is 0 Å². The minimum Gasteiger partial charge on any atom is -0.405 e. The molecule has 2 rings (SSSR count). The number of aromatic amines is 1. The van der Waals surface area contributed by atoms with E-state index in [1.807, 2.05) is 0 Å². The van der Waals surface area contributed by atoms with Crippen molar-refractivity contribution in [2.45, 2.75) is 31.3 Å². The zero-order chi connectivity index (χ0) is 14.7. The van der Waals surface area contributed by atoms with Crippen molar-refractivity contribution in [3.63, 3.8) is 0 Å². The highest BCUT2D eigenvalue weighted by Crippen LogP contribution is 2.27. The van der Waals surface area contributed by atoms with Gasteiger partial charge in [-0.25, -0.2) is 4.79 Å². The second-order valence-corrected chi connectivity index (χ2v) is 4.57. The van der Waals surface area contributed by atoms with Crippen LogP contribution in [0.5, 0.6) is 0 Å². The highest BCUT2D eigenvalue weighted by molar-refractivity contribution is 5.09. The first kappa shape index (κ1) is 14.5. The Kier molecular flexibility index (Phi) is 4.38. The van der Waals surface area contributed by atoms with Crippen molar-refractivity contribution in [2.24, 2.45) is 5.73 Å². The molecule has 3 atom stereocenters. The van der Waals surface area contributed by atoms with Gasteiger partial charge in [0.2, 0.25) is 0 Å². The Balaban J connectivity index is 2.32. The van der Waals surface area contributed by atoms with E-state index in [0.29, 0.717) is 5.56 Å². The van der Waals surface area contributed by atoms with Crippen molar-refractivity contribution < 1.29 is 14.9 Å². The number of H-pyrrole nitrogens is 1. The number of aliphatic hydroxyl groups excluding tert-OH is 2. The lowest BCUT2D eigenvalue weighted by Crippen LogP contribution is -2.34. The molecule has 1 fully saturated rings. The van der Waals surface area contributed by atoms with Gasteiger partial charge in [0.15, 0.2) is 0 Å². The molecule has 0 radical (unpaired) electrons.